The van der Waals surface area contributed by atoms with Gasteiger partial charge in [-0.1, -0.05) is 16.8 Å². The topological polar surface area (TPSA) is 95.8 Å². The molecule has 5 rings (SSSR count). The molecule has 1 saturated carbocycles. The summed E-state index contributed by atoms with van der Waals surface area (Å²) in [6.45, 7) is 3.19. The minimum absolute atomic E-state index is 0.179. The third-order valence-corrected chi connectivity index (χ3v) is 6.34. The minimum atomic E-state index is 0.179. The summed E-state index contributed by atoms with van der Waals surface area (Å²) >= 11 is 6.31. The second-order valence-electron chi connectivity index (χ2n) is 7.94. The fourth-order valence-corrected chi connectivity index (χ4v) is 4.64. The number of benzene rings is 1. The molecule has 0 spiro atoms. The highest BCUT2D eigenvalue weighted by Crippen LogP contribution is 2.37. The monoisotopic (exact) mass is 401 g/mol. The van der Waals surface area contributed by atoms with Gasteiger partial charge < -0.3 is 15.8 Å². The third kappa shape index (κ3) is 3.10. The van der Waals surface area contributed by atoms with E-state index in [2.05, 4.69) is 37.0 Å². The lowest BCUT2D eigenvalue weighted by Crippen LogP contribution is -2.42. The number of nitrogens with two attached hydrogens (primary N) is 1. The van der Waals surface area contributed by atoms with E-state index in [-0.39, 0.29) is 5.96 Å². The number of nitrogens with zero attached hydrogens (tertiary/aromatic N) is 6. The Morgan fingerprint density at radius 1 is 1.14 bits per heavy atom. The van der Waals surface area contributed by atoms with Gasteiger partial charge in [-0.05, 0) is 49.4 Å². The molecule has 3 N–H and O–H groups in total. The summed E-state index contributed by atoms with van der Waals surface area (Å²) in [5, 5.41) is 22.0. The number of fused-ring (bicyclic) bond motifs is 3. The molecule has 0 unspecified atom stereocenters. The molecule has 9 heteroatoms. The fourth-order valence-electron chi connectivity index (χ4n) is 4.44. The lowest BCUT2D eigenvalue weighted by molar-refractivity contribution is 0.243. The number of oxime groups is 1. The van der Waals surface area contributed by atoms with Crippen molar-refractivity contribution < 1.29 is 5.21 Å². The Kier molecular flexibility index (Phi) is 4.40. The van der Waals surface area contributed by atoms with E-state index >= 15 is 0 Å². The Labute approximate surface area is 168 Å². The molecule has 8 nitrogen and oxygen atoms in total. The van der Waals surface area contributed by atoms with Crippen molar-refractivity contribution in [2.24, 2.45) is 10.9 Å². The SMILES string of the molecule is N/C(=N\O)N1CCC(c2nnc3n2-c2ccc(Cl)cc2CN(C2CC2)C3)CC1. The van der Waals surface area contributed by atoms with Crippen molar-refractivity contribution in [2.75, 3.05) is 13.1 Å². The van der Waals surface area contributed by atoms with Crippen LogP contribution < -0.4 is 5.73 Å². The Morgan fingerprint density at radius 3 is 2.64 bits per heavy atom. The zero-order chi connectivity index (χ0) is 19.3. The quantitative estimate of drug-likeness (QED) is 0.347. The number of aromatic nitrogens is 3. The van der Waals surface area contributed by atoms with Crippen LogP contribution in [0, 0.1) is 0 Å². The maximum atomic E-state index is 8.91. The molecule has 0 amide bonds. The third-order valence-electron chi connectivity index (χ3n) is 6.11. The molecule has 3 heterocycles. The van der Waals surface area contributed by atoms with E-state index in [0.717, 1.165) is 61.4 Å². The lowest BCUT2D eigenvalue weighted by atomic mass is 9.95. The highest BCUT2D eigenvalue weighted by atomic mass is 35.5. The number of likely N-dealkylation sites (tertiary alicyclic amines) is 1. The van der Waals surface area contributed by atoms with E-state index < -0.39 is 0 Å². The molecule has 2 fully saturated rings. The number of halogens is 1. The minimum Gasteiger partial charge on any atom is -0.408 e. The number of piperidine rings is 1. The molecule has 1 aromatic heterocycles. The maximum absolute atomic E-state index is 8.91. The van der Waals surface area contributed by atoms with E-state index in [1.807, 2.05) is 11.0 Å². The summed E-state index contributed by atoms with van der Waals surface area (Å²) in [6, 6.07) is 6.76. The van der Waals surface area contributed by atoms with Gasteiger partial charge in [0.05, 0.1) is 12.2 Å². The van der Waals surface area contributed by atoms with Crippen LogP contribution in [-0.2, 0) is 13.1 Å². The average Bonchev–Trinajstić information content (AvgIpc) is 3.50. The van der Waals surface area contributed by atoms with Crippen molar-refractivity contribution in [3.8, 4) is 5.69 Å². The molecule has 0 bridgehead atoms. The highest BCUT2D eigenvalue weighted by molar-refractivity contribution is 6.30. The van der Waals surface area contributed by atoms with Crippen LogP contribution in [0.3, 0.4) is 0 Å². The van der Waals surface area contributed by atoms with E-state index in [9.17, 15) is 0 Å². The first-order chi connectivity index (χ1) is 13.6. The predicted octanol–water partition coefficient (Wildman–Crippen LogP) is 2.28. The van der Waals surface area contributed by atoms with Crippen LogP contribution in [0.1, 0.15) is 48.8 Å². The van der Waals surface area contributed by atoms with Crippen molar-refractivity contribution in [1.29, 1.82) is 0 Å². The Balaban J connectivity index is 1.50. The van der Waals surface area contributed by atoms with Crippen LogP contribution in [0.5, 0.6) is 0 Å². The average molecular weight is 402 g/mol. The van der Waals surface area contributed by atoms with Crippen LogP contribution in [0.4, 0.5) is 0 Å². The maximum Gasteiger partial charge on any atom is 0.233 e. The van der Waals surface area contributed by atoms with Gasteiger partial charge in [0.25, 0.3) is 0 Å². The Hall–Kier alpha value is -2.32. The first-order valence-electron chi connectivity index (χ1n) is 9.83. The zero-order valence-electron chi connectivity index (χ0n) is 15.6. The number of rotatable bonds is 2. The van der Waals surface area contributed by atoms with Gasteiger partial charge in [0, 0.05) is 36.6 Å². The van der Waals surface area contributed by atoms with Crippen molar-refractivity contribution in [2.45, 2.75) is 50.7 Å². The molecule has 0 atom stereocenters. The van der Waals surface area contributed by atoms with Crippen molar-refractivity contribution in [3.63, 3.8) is 0 Å². The number of guanidine groups is 1. The summed E-state index contributed by atoms with van der Waals surface area (Å²) in [5.41, 5.74) is 8.12. The molecular formula is C19H24ClN7O. The van der Waals surface area contributed by atoms with E-state index in [0.29, 0.717) is 12.0 Å². The smallest absolute Gasteiger partial charge is 0.233 e. The molecule has 28 heavy (non-hydrogen) atoms. The van der Waals surface area contributed by atoms with E-state index in [1.54, 1.807) is 0 Å². The normalized spacial score (nSPS) is 21.3. The summed E-state index contributed by atoms with van der Waals surface area (Å²) < 4.78 is 2.25. The highest BCUT2D eigenvalue weighted by Gasteiger charge is 2.35. The molecular weight excluding hydrogens is 378 g/mol. The van der Waals surface area contributed by atoms with Gasteiger partial charge >= 0.3 is 0 Å². The van der Waals surface area contributed by atoms with Crippen LogP contribution >= 0.6 is 11.6 Å². The lowest BCUT2D eigenvalue weighted by Gasteiger charge is -2.31. The molecule has 148 valence electrons. The van der Waals surface area contributed by atoms with Gasteiger partial charge in [-0.2, -0.15) is 0 Å². The summed E-state index contributed by atoms with van der Waals surface area (Å²) in [7, 11) is 0. The van der Waals surface area contributed by atoms with Gasteiger partial charge in [0.2, 0.25) is 5.96 Å². The molecule has 0 radical (unpaired) electrons. The van der Waals surface area contributed by atoms with Gasteiger partial charge in [-0.15, -0.1) is 10.2 Å². The van der Waals surface area contributed by atoms with Crippen molar-refractivity contribution >= 4 is 17.6 Å². The fraction of sp³-hybridized carbons (Fsp3) is 0.526. The largest absolute Gasteiger partial charge is 0.408 e. The molecule has 2 aliphatic heterocycles. The first kappa shape index (κ1) is 17.8. The summed E-state index contributed by atoms with van der Waals surface area (Å²) in [4.78, 5) is 4.40. The van der Waals surface area contributed by atoms with Crippen LogP contribution in [0.2, 0.25) is 5.02 Å². The standard InChI is InChI=1S/C19H24ClN7O/c20-14-1-4-16-13(9-14)10-26(15-2-3-15)11-17-22-23-18(27(16)17)12-5-7-25(8-6-12)19(21)24-28/h1,4,9,12,15,28H,2-3,5-8,10-11H2,(H2,21,24). The zero-order valence-corrected chi connectivity index (χ0v) is 16.4. The van der Waals surface area contributed by atoms with Gasteiger partial charge in [0.15, 0.2) is 5.82 Å². The van der Waals surface area contributed by atoms with Gasteiger partial charge in [0.1, 0.15) is 5.82 Å². The number of hydrogen-bond acceptors (Lipinski definition) is 5. The molecule has 3 aliphatic rings. The molecule has 2 aromatic rings. The number of hydrogen-bond donors (Lipinski definition) is 2. The van der Waals surface area contributed by atoms with Crippen LogP contribution in [0.25, 0.3) is 5.69 Å². The van der Waals surface area contributed by atoms with Crippen LogP contribution in [0.15, 0.2) is 23.4 Å². The van der Waals surface area contributed by atoms with Crippen molar-refractivity contribution in [3.05, 3.63) is 40.4 Å². The van der Waals surface area contributed by atoms with E-state index in [1.165, 1.54) is 18.4 Å². The van der Waals surface area contributed by atoms with E-state index in [4.69, 9.17) is 22.5 Å². The summed E-state index contributed by atoms with van der Waals surface area (Å²) in [5.74, 6) is 2.48. The summed E-state index contributed by atoms with van der Waals surface area (Å²) in [6.07, 6.45) is 4.29. The predicted molar refractivity (Wildman–Crippen MR) is 106 cm³/mol. The first-order valence-corrected chi connectivity index (χ1v) is 10.2. The second kappa shape index (κ2) is 6.93. The molecule has 1 saturated heterocycles. The molecule has 1 aliphatic carbocycles. The van der Waals surface area contributed by atoms with Gasteiger partial charge in [-0.25, -0.2) is 0 Å². The molecule has 1 aromatic carbocycles. The van der Waals surface area contributed by atoms with Gasteiger partial charge in [-0.3, -0.25) is 9.47 Å². The second-order valence-corrected chi connectivity index (χ2v) is 8.37. The Bertz CT molecular complexity index is 915. The van der Waals surface area contributed by atoms with Crippen LogP contribution in [-0.4, -0.2) is 54.9 Å². The van der Waals surface area contributed by atoms with Crippen molar-refractivity contribution in [1.82, 2.24) is 24.6 Å². The Morgan fingerprint density at radius 2 is 1.93 bits per heavy atom.